The van der Waals surface area contributed by atoms with Crippen LogP contribution in [0.25, 0.3) is 11.5 Å². The third kappa shape index (κ3) is 4.84. The van der Waals surface area contributed by atoms with Crippen LogP contribution in [-0.4, -0.2) is 27.9 Å². The van der Waals surface area contributed by atoms with Gasteiger partial charge < -0.3 is 9.73 Å². The molecule has 0 saturated carbocycles. The molecular weight excluding hydrogens is 305 g/mol. The van der Waals surface area contributed by atoms with E-state index in [1.807, 2.05) is 6.92 Å². The monoisotopic (exact) mass is 323 g/mol. The molecule has 2 rings (SSSR count). The molecule has 0 fully saturated rings. The highest BCUT2D eigenvalue weighted by Gasteiger charge is 2.12. The first kappa shape index (κ1) is 16.5. The van der Waals surface area contributed by atoms with Crippen LogP contribution in [0.2, 0.25) is 0 Å². The van der Waals surface area contributed by atoms with Crippen molar-refractivity contribution in [1.29, 1.82) is 0 Å². The van der Waals surface area contributed by atoms with Crippen LogP contribution in [-0.2, 0) is 4.79 Å². The van der Waals surface area contributed by atoms with E-state index in [2.05, 4.69) is 22.4 Å². The van der Waals surface area contributed by atoms with Crippen molar-refractivity contribution < 1.29 is 13.6 Å². The molecule has 1 amide bonds. The van der Waals surface area contributed by atoms with Crippen LogP contribution < -0.4 is 5.32 Å². The number of carbonyl (C=O) groups excluding carboxylic acids is 1. The Morgan fingerprint density at radius 3 is 2.77 bits per heavy atom. The van der Waals surface area contributed by atoms with Gasteiger partial charge in [-0.05, 0) is 37.6 Å². The quantitative estimate of drug-likeness (QED) is 0.792. The lowest BCUT2D eigenvalue weighted by Gasteiger charge is -2.11. The molecule has 1 N–H and O–H groups in total. The van der Waals surface area contributed by atoms with Gasteiger partial charge in [0, 0.05) is 11.6 Å². The maximum atomic E-state index is 12.9. The van der Waals surface area contributed by atoms with Crippen LogP contribution >= 0.6 is 11.8 Å². The molecule has 0 aliphatic heterocycles. The molecule has 0 saturated heterocycles. The lowest BCUT2D eigenvalue weighted by molar-refractivity contribution is -0.119. The van der Waals surface area contributed by atoms with Crippen LogP contribution in [0.3, 0.4) is 0 Å². The third-order valence-corrected chi connectivity index (χ3v) is 3.77. The number of aromatic nitrogens is 2. The molecule has 1 aromatic carbocycles. The number of thioether (sulfide) groups is 1. The molecule has 118 valence electrons. The van der Waals surface area contributed by atoms with Gasteiger partial charge in [0.25, 0.3) is 5.22 Å². The minimum atomic E-state index is -0.323. The number of amides is 1. The Bertz CT molecular complexity index is 616. The van der Waals surface area contributed by atoms with Crippen molar-refractivity contribution in [2.75, 3.05) is 5.75 Å². The van der Waals surface area contributed by atoms with E-state index in [1.54, 1.807) is 12.1 Å². The first-order chi connectivity index (χ1) is 10.6. The fourth-order valence-corrected chi connectivity index (χ4v) is 2.50. The van der Waals surface area contributed by atoms with Crippen molar-refractivity contribution in [3.05, 3.63) is 30.1 Å². The van der Waals surface area contributed by atoms with Crippen LogP contribution in [0.5, 0.6) is 0 Å². The minimum Gasteiger partial charge on any atom is -0.411 e. The zero-order valence-electron chi connectivity index (χ0n) is 12.5. The molecule has 0 bridgehead atoms. The van der Waals surface area contributed by atoms with E-state index in [0.29, 0.717) is 16.7 Å². The molecule has 22 heavy (non-hydrogen) atoms. The molecule has 1 heterocycles. The van der Waals surface area contributed by atoms with Gasteiger partial charge in [0.2, 0.25) is 11.8 Å². The highest BCUT2D eigenvalue weighted by Crippen LogP contribution is 2.23. The van der Waals surface area contributed by atoms with Crippen molar-refractivity contribution in [1.82, 2.24) is 15.5 Å². The Labute approximate surface area is 132 Å². The second kappa shape index (κ2) is 7.93. The van der Waals surface area contributed by atoms with Gasteiger partial charge in [-0.3, -0.25) is 4.79 Å². The average Bonchev–Trinajstić information content (AvgIpc) is 2.95. The van der Waals surface area contributed by atoms with E-state index in [1.165, 1.54) is 23.9 Å². The van der Waals surface area contributed by atoms with E-state index in [-0.39, 0.29) is 23.5 Å². The summed E-state index contributed by atoms with van der Waals surface area (Å²) in [4.78, 5) is 11.8. The predicted molar refractivity (Wildman–Crippen MR) is 82.9 cm³/mol. The van der Waals surface area contributed by atoms with Crippen molar-refractivity contribution in [3.8, 4) is 11.5 Å². The van der Waals surface area contributed by atoms with E-state index < -0.39 is 0 Å². The van der Waals surface area contributed by atoms with Crippen LogP contribution in [0.1, 0.15) is 26.7 Å². The standard InChI is InChI=1S/C15H18FN3O2S/c1-3-4-10(2)17-13(20)9-22-15-19-18-14(21-15)11-5-7-12(16)8-6-11/h5-8,10H,3-4,9H2,1-2H3,(H,17,20)/t10-/m0/s1. The molecule has 1 atom stereocenters. The largest absolute Gasteiger partial charge is 0.411 e. The maximum Gasteiger partial charge on any atom is 0.277 e. The number of carbonyl (C=O) groups is 1. The fraction of sp³-hybridized carbons (Fsp3) is 0.400. The summed E-state index contributed by atoms with van der Waals surface area (Å²) in [6, 6.07) is 5.95. The first-order valence-electron chi connectivity index (χ1n) is 7.10. The number of hydrogen-bond acceptors (Lipinski definition) is 5. The van der Waals surface area contributed by atoms with Crippen LogP contribution in [0.15, 0.2) is 33.9 Å². The molecule has 5 nitrogen and oxygen atoms in total. The van der Waals surface area contributed by atoms with E-state index >= 15 is 0 Å². The van der Waals surface area contributed by atoms with Crippen molar-refractivity contribution in [3.63, 3.8) is 0 Å². The smallest absolute Gasteiger partial charge is 0.277 e. The summed E-state index contributed by atoms with van der Waals surface area (Å²) >= 11 is 1.18. The van der Waals surface area contributed by atoms with Gasteiger partial charge >= 0.3 is 0 Å². The molecule has 7 heteroatoms. The Balaban J connectivity index is 1.87. The molecule has 0 aliphatic carbocycles. The normalized spacial score (nSPS) is 12.1. The Hall–Kier alpha value is -1.89. The van der Waals surface area contributed by atoms with Gasteiger partial charge in [-0.1, -0.05) is 25.1 Å². The summed E-state index contributed by atoms with van der Waals surface area (Å²) in [7, 11) is 0. The van der Waals surface area contributed by atoms with Gasteiger partial charge in [0.15, 0.2) is 0 Å². The van der Waals surface area contributed by atoms with Gasteiger partial charge in [0.1, 0.15) is 5.82 Å². The number of benzene rings is 1. The Morgan fingerprint density at radius 2 is 2.09 bits per heavy atom. The second-order valence-electron chi connectivity index (χ2n) is 4.93. The number of nitrogens with one attached hydrogen (secondary N) is 1. The zero-order valence-corrected chi connectivity index (χ0v) is 13.3. The van der Waals surface area contributed by atoms with Crippen molar-refractivity contribution in [2.45, 2.75) is 38.0 Å². The number of halogens is 1. The molecule has 0 radical (unpaired) electrons. The molecular formula is C15H18FN3O2S. The zero-order chi connectivity index (χ0) is 15.9. The number of nitrogens with zero attached hydrogens (tertiary/aromatic N) is 2. The predicted octanol–water partition coefficient (Wildman–Crippen LogP) is 3.27. The Morgan fingerprint density at radius 1 is 1.36 bits per heavy atom. The second-order valence-corrected chi connectivity index (χ2v) is 5.85. The Kier molecular flexibility index (Phi) is 5.94. The summed E-state index contributed by atoms with van der Waals surface area (Å²) in [5, 5.41) is 11.0. The van der Waals surface area contributed by atoms with Crippen LogP contribution in [0, 0.1) is 5.82 Å². The topological polar surface area (TPSA) is 68.0 Å². The van der Waals surface area contributed by atoms with Crippen LogP contribution in [0.4, 0.5) is 4.39 Å². The molecule has 0 aliphatic rings. The van der Waals surface area contributed by atoms with Gasteiger partial charge in [-0.2, -0.15) is 0 Å². The maximum absolute atomic E-state index is 12.9. The molecule has 1 aromatic heterocycles. The minimum absolute atomic E-state index is 0.0625. The van der Waals surface area contributed by atoms with Gasteiger partial charge in [-0.15, -0.1) is 10.2 Å². The summed E-state index contributed by atoms with van der Waals surface area (Å²) in [5.41, 5.74) is 0.641. The highest BCUT2D eigenvalue weighted by molar-refractivity contribution is 7.99. The van der Waals surface area contributed by atoms with Gasteiger partial charge in [-0.25, -0.2) is 4.39 Å². The molecule has 2 aromatic rings. The number of rotatable bonds is 7. The van der Waals surface area contributed by atoms with Crippen molar-refractivity contribution in [2.24, 2.45) is 0 Å². The average molecular weight is 323 g/mol. The fourth-order valence-electron chi connectivity index (χ4n) is 1.93. The highest BCUT2D eigenvalue weighted by atomic mass is 32.2. The summed E-state index contributed by atoms with van der Waals surface area (Å²) in [5.74, 6) is 0.143. The van der Waals surface area contributed by atoms with Crippen molar-refractivity contribution >= 4 is 17.7 Å². The molecule has 0 spiro atoms. The third-order valence-electron chi connectivity index (χ3n) is 2.95. The lowest BCUT2D eigenvalue weighted by Crippen LogP contribution is -2.33. The van der Waals surface area contributed by atoms with Gasteiger partial charge in [0.05, 0.1) is 5.75 Å². The lowest BCUT2D eigenvalue weighted by atomic mass is 10.2. The van der Waals surface area contributed by atoms with E-state index in [4.69, 9.17) is 4.42 Å². The summed E-state index contributed by atoms with van der Waals surface area (Å²) in [6.45, 7) is 4.05. The summed E-state index contributed by atoms with van der Waals surface area (Å²) in [6.07, 6.45) is 1.98. The number of hydrogen-bond donors (Lipinski definition) is 1. The summed E-state index contributed by atoms with van der Waals surface area (Å²) < 4.78 is 18.3. The first-order valence-corrected chi connectivity index (χ1v) is 8.08. The van der Waals surface area contributed by atoms with E-state index in [0.717, 1.165) is 12.8 Å². The van der Waals surface area contributed by atoms with E-state index in [9.17, 15) is 9.18 Å². The SMILES string of the molecule is CCC[C@H](C)NC(=O)CSc1nnc(-c2ccc(F)cc2)o1. The molecule has 0 unspecified atom stereocenters.